The molecule has 136 valence electrons. The van der Waals surface area contributed by atoms with Gasteiger partial charge in [-0.05, 0) is 55.0 Å². The Morgan fingerprint density at radius 2 is 1.59 bits per heavy atom. The van der Waals surface area contributed by atoms with Crippen molar-refractivity contribution < 1.29 is 12.8 Å². The van der Waals surface area contributed by atoms with Crippen molar-refractivity contribution in [2.45, 2.75) is 11.8 Å². The maximum absolute atomic E-state index is 13.9. The Morgan fingerprint density at radius 3 is 2.26 bits per heavy atom. The molecular formula is C21H17FN2O2S. The van der Waals surface area contributed by atoms with Gasteiger partial charge in [0, 0.05) is 22.8 Å². The number of halogens is 1. The minimum absolute atomic E-state index is 0.151. The topological polar surface area (TPSA) is 65.1 Å². The van der Waals surface area contributed by atoms with E-state index in [1.54, 1.807) is 42.5 Å². The molecule has 4 aromatic rings. The van der Waals surface area contributed by atoms with E-state index < -0.39 is 15.8 Å². The number of benzene rings is 3. The molecule has 0 saturated carbocycles. The van der Waals surface area contributed by atoms with Crippen molar-refractivity contribution in [1.29, 1.82) is 0 Å². The number of aryl methyl sites for hydroxylation is 1. The van der Waals surface area contributed by atoms with E-state index >= 15 is 0 Å². The van der Waals surface area contributed by atoms with Crippen LogP contribution in [0, 0.1) is 12.7 Å². The Hall–Kier alpha value is -3.12. The number of hydrogen-bond donors (Lipinski definition) is 1. The third kappa shape index (κ3) is 2.98. The molecule has 0 radical (unpaired) electrons. The van der Waals surface area contributed by atoms with E-state index in [1.807, 2.05) is 19.1 Å². The molecule has 0 atom stereocenters. The standard InChI is InChI=1S/C21H17FN2O2S/c1-14-2-9-18(10-3-14)27(25,26)24-13-20(15-4-7-17(23)8-5-15)19-11-6-16(22)12-21(19)24/h2-13H,23H2,1H3. The average Bonchev–Trinajstić information content (AvgIpc) is 3.02. The molecule has 0 amide bonds. The third-order valence-electron chi connectivity index (χ3n) is 4.53. The van der Waals surface area contributed by atoms with Gasteiger partial charge in [0.15, 0.2) is 0 Å². The van der Waals surface area contributed by atoms with Crippen LogP contribution < -0.4 is 5.73 Å². The molecule has 0 unspecified atom stereocenters. The van der Waals surface area contributed by atoms with Gasteiger partial charge in [-0.15, -0.1) is 0 Å². The molecule has 1 aromatic heterocycles. The Morgan fingerprint density at radius 1 is 0.926 bits per heavy atom. The number of rotatable bonds is 3. The fourth-order valence-electron chi connectivity index (χ4n) is 3.09. The lowest BCUT2D eigenvalue weighted by atomic mass is 10.0. The van der Waals surface area contributed by atoms with Crippen molar-refractivity contribution >= 4 is 26.6 Å². The molecule has 0 fully saturated rings. The van der Waals surface area contributed by atoms with E-state index in [0.717, 1.165) is 15.1 Å². The van der Waals surface area contributed by atoms with Crippen LogP contribution in [0.3, 0.4) is 0 Å². The van der Waals surface area contributed by atoms with E-state index in [-0.39, 0.29) is 4.90 Å². The highest BCUT2D eigenvalue weighted by Gasteiger charge is 2.22. The summed E-state index contributed by atoms with van der Waals surface area (Å²) in [5.41, 5.74) is 9.11. The van der Waals surface area contributed by atoms with Crippen LogP contribution in [0.25, 0.3) is 22.0 Å². The summed E-state index contributed by atoms with van der Waals surface area (Å²) in [6.45, 7) is 1.88. The first-order valence-electron chi connectivity index (χ1n) is 8.35. The van der Waals surface area contributed by atoms with Crippen molar-refractivity contribution in [2.24, 2.45) is 0 Å². The molecule has 0 saturated heterocycles. The molecule has 2 N–H and O–H groups in total. The molecule has 0 aliphatic carbocycles. The van der Waals surface area contributed by atoms with E-state index in [0.29, 0.717) is 22.2 Å². The molecule has 0 bridgehead atoms. The number of hydrogen-bond acceptors (Lipinski definition) is 3. The summed E-state index contributed by atoms with van der Waals surface area (Å²) in [5, 5.41) is 0.650. The molecule has 6 heteroatoms. The van der Waals surface area contributed by atoms with Crippen LogP contribution in [0.15, 0.2) is 77.8 Å². The number of nitrogen functional groups attached to an aromatic ring is 1. The second-order valence-electron chi connectivity index (χ2n) is 6.44. The van der Waals surface area contributed by atoms with Gasteiger partial charge in [-0.1, -0.05) is 29.8 Å². The van der Waals surface area contributed by atoms with Gasteiger partial charge in [-0.2, -0.15) is 0 Å². The molecule has 0 spiro atoms. The van der Waals surface area contributed by atoms with Crippen molar-refractivity contribution in [3.63, 3.8) is 0 Å². The van der Waals surface area contributed by atoms with Crippen molar-refractivity contribution in [1.82, 2.24) is 3.97 Å². The number of nitrogens with zero attached hydrogens (tertiary/aromatic N) is 1. The molecule has 27 heavy (non-hydrogen) atoms. The highest BCUT2D eigenvalue weighted by Crippen LogP contribution is 2.33. The van der Waals surface area contributed by atoms with Crippen LogP contribution in [-0.2, 0) is 10.0 Å². The Kier molecular flexibility index (Phi) is 4.00. The van der Waals surface area contributed by atoms with Crippen LogP contribution in [-0.4, -0.2) is 12.4 Å². The highest BCUT2D eigenvalue weighted by atomic mass is 32.2. The number of fused-ring (bicyclic) bond motifs is 1. The molecule has 1 heterocycles. The summed E-state index contributed by atoms with van der Waals surface area (Å²) in [7, 11) is -3.87. The molecule has 4 rings (SSSR count). The van der Waals surface area contributed by atoms with Crippen molar-refractivity contribution in [3.8, 4) is 11.1 Å². The van der Waals surface area contributed by atoms with Gasteiger partial charge in [0.1, 0.15) is 5.82 Å². The minimum atomic E-state index is -3.87. The van der Waals surface area contributed by atoms with Gasteiger partial charge >= 0.3 is 0 Å². The zero-order chi connectivity index (χ0) is 19.2. The average molecular weight is 380 g/mol. The van der Waals surface area contributed by atoms with Gasteiger partial charge in [-0.3, -0.25) is 0 Å². The highest BCUT2D eigenvalue weighted by molar-refractivity contribution is 7.90. The van der Waals surface area contributed by atoms with E-state index in [2.05, 4.69) is 0 Å². The summed E-state index contributed by atoms with van der Waals surface area (Å²) in [6.07, 6.45) is 1.53. The molecule has 4 nitrogen and oxygen atoms in total. The fourth-order valence-corrected chi connectivity index (χ4v) is 4.45. The van der Waals surface area contributed by atoms with Crippen LogP contribution in [0.2, 0.25) is 0 Å². The van der Waals surface area contributed by atoms with E-state index in [4.69, 9.17) is 5.73 Å². The maximum atomic E-state index is 13.9. The summed E-state index contributed by atoms with van der Waals surface area (Å²) in [6, 6.07) is 17.9. The Labute approximate surface area is 156 Å². The van der Waals surface area contributed by atoms with E-state index in [9.17, 15) is 12.8 Å². The van der Waals surface area contributed by atoms with E-state index in [1.165, 1.54) is 18.3 Å². The molecule has 0 aliphatic heterocycles. The summed E-state index contributed by atoms with van der Waals surface area (Å²) in [4.78, 5) is 0.151. The lowest BCUT2D eigenvalue weighted by molar-refractivity contribution is 0.589. The lowest BCUT2D eigenvalue weighted by Gasteiger charge is -2.08. The zero-order valence-electron chi connectivity index (χ0n) is 14.6. The lowest BCUT2D eigenvalue weighted by Crippen LogP contribution is -2.11. The summed E-state index contributed by atoms with van der Waals surface area (Å²) < 4.78 is 41.4. The van der Waals surface area contributed by atoms with Gasteiger partial charge in [0.25, 0.3) is 10.0 Å². The van der Waals surface area contributed by atoms with Crippen LogP contribution in [0.5, 0.6) is 0 Å². The predicted molar refractivity (Wildman–Crippen MR) is 106 cm³/mol. The van der Waals surface area contributed by atoms with Crippen LogP contribution in [0.4, 0.5) is 10.1 Å². The minimum Gasteiger partial charge on any atom is -0.399 e. The predicted octanol–water partition coefficient (Wildman–Crippen LogP) is 4.58. The Balaban J connectivity index is 1.99. The van der Waals surface area contributed by atoms with Crippen LogP contribution in [0.1, 0.15) is 5.56 Å². The van der Waals surface area contributed by atoms with Crippen molar-refractivity contribution in [2.75, 3.05) is 5.73 Å². The quantitative estimate of drug-likeness (QED) is 0.529. The second kappa shape index (κ2) is 6.25. The first-order valence-corrected chi connectivity index (χ1v) is 9.79. The number of aromatic nitrogens is 1. The normalized spacial score (nSPS) is 11.8. The van der Waals surface area contributed by atoms with Gasteiger partial charge < -0.3 is 5.73 Å². The van der Waals surface area contributed by atoms with Crippen LogP contribution >= 0.6 is 0 Å². The first kappa shape index (κ1) is 17.3. The largest absolute Gasteiger partial charge is 0.399 e. The molecular weight excluding hydrogens is 363 g/mol. The number of nitrogens with two attached hydrogens (primary N) is 1. The fraction of sp³-hybridized carbons (Fsp3) is 0.0476. The maximum Gasteiger partial charge on any atom is 0.268 e. The molecule has 3 aromatic carbocycles. The van der Waals surface area contributed by atoms with Gasteiger partial charge in [0.05, 0.1) is 10.4 Å². The summed E-state index contributed by atoms with van der Waals surface area (Å²) >= 11 is 0. The first-order chi connectivity index (χ1) is 12.9. The van der Waals surface area contributed by atoms with Crippen molar-refractivity contribution in [3.05, 3.63) is 84.3 Å². The summed E-state index contributed by atoms with van der Waals surface area (Å²) in [5.74, 6) is -0.496. The second-order valence-corrected chi connectivity index (χ2v) is 8.26. The monoisotopic (exact) mass is 380 g/mol. The zero-order valence-corrected chi connectivity index (χ0v) is 15.4. The molecule has 0 aliphatic rings. The van der Waals surface area contributed by atoms with Gasteiger partial charge in [-0.25, -0.2) is 16.8 Å². The SMILES string of the molecule is Cc1ccc(S(=O)(=O)n2cc(-c3ccc(N)cc3)c3ccc(F)cc32)cc1. The Bertz CT molecular complexity index is 1240. The van der Waals surface area contributed by atoms with Gasteiger partial charge in [0.2, 0.25) is 0 Å². The smallest absolute Gasteiger partial charge is 0.268 e. The number of anilines is 1. The third-order valence-corrected chi connectivity index (χ3v) is 6.22.